The molecule has 2 rings (SSSR count). The van der Waals surface area contributed by atoms with Gasteiger partial charge in [0.25, 0.3) is 5.91 Å². The first kappa shape index (κ1) is 11.1. The van der Waals surface area contributed by atoms with E-state index in [0.29, 0.717) is 5.69 Å². The van der Waals surface area contributed by atoms with Gasteiger partial charge in [-0.1, -0.05) is 23.8 Å². The third-order valence-corrected chi connectivity index (χ3v) is 2.27. The molecule has 1 amide bonds. The number of benzene rings is 1. The molecule has 0 unspecified atom stereocenters. The maximum absolute atomic E-state index is 11.6. The summed E-state index contributed by atoms with van der Waals surface area (Å²) < 4.78 is 0. The van der Waals surface area contributed by atoms with E-state index in [0.717, 1.165) is 5.69 Å². The fourth-order valence-corrected chi connectivity index (χ4v) is 1.33. The summed E-state index contributed by atoms with van der Waals surface area (Å²) >= 11 is 0. The van der Waals surface area contributed by atoms with Crippen LogP contribution in [0.2, 0.25) is 0 Å². The highest BCUT2D eigenvalue weighted by Crippen LogP contribution is 2.07. The van der Waals surface area contributed by atoms with Crippen LogP contribution in [0.1, 0.15) is 16.1 Å². The number of anilines is 1. The molecule has 0 radical (unpaired) electrons. The number of nitrogens with zero attached hydrogens (tertiary/aromatic N) is 1. The molecule has 1 aromatic heterocycles. The van der Waals surface area contributed by atoms with Gasteiger partial charge in [0.1, 0.15) is 5.69 Å². The zero-order valence-corrected chi connectivity index (χ0v) is 9.47. The fraction of sp³-hybridized carbons (Fsp3) is 0.0769. The lowest BCUT2D eigenvalue weighted by molar-refractivity contribution is 0.0958. The molecule has 0 atom stereocenters. The number of carbonyl (C=O) groups excluding carboxylic acids is 1. The van der Waals surface area contributed by atoms with Crippen LogP contribution in [0.25, 0.3) is 0 Å². The van der Waals surface area contributed by atoms with Gasteiger partial charge in [-0.2, -0.15) is 0 Å². The summed E-state index contributed by atoms with van der Waals surface area (Å²) in [6, 6.07) is 12.9. The molecule has 2 aromatic rings. The number of hydrazine groups is 1. The highest BCUT2D eigenvalue weighted by atomic mass is 16.2. The monoisotopic (exact) mass is 227 g/mol. The molecule has 0 bridgehead atoms. The van der Waals surface area contributed by atoms with Crippen LogP contribution >= 0.6 is 0 Å². The van der Waals surface area contributed by atoms with Crippen molar-refractivity contribution in [3.63, 3.8) is 0 Å². The Morgan fingerprint density at radius 3 is 2.53 bits per heavy atom. The van der Waals surface area contributed by atoms with Crippen LogP contribution in [0.15, 0.2) is 48.7 Å². The smallest absolute Gasteiger partial charge is 0.288 e. The lowest BCUT2D eigenvalue weighted by atomic mass is 10.2. The van der Waals surface area contributed by atoms with E-state index < -0.39 is 0 Å². The molecule has 1 heterocycles. The van der Waals surface area contributed by atoms with Crippen molar-refractivity contribution >= 4 is 11.6 Å². The number of pyridine rings is 1. The second-order valence-corrected chi connectivity index (χ2v) is 3.66. The molecular formula is C13H13N3O. The number of hydrogen-bond donors (Lipinski definition) is 2. The number of aryl methyl sites for hydroxylation is 1. The number of aromatic nitrogens is 1. The first-order valence-electron chi connectivity index (χ1n) is 5.30. The quantitative estimate of drug-likeness (QED) is 0.790. The van der Waals surface area contributed by atoms with Gasteiger partial charge in [-0.25, -0.2) is 0 Å². The predicted molar refractivity (Wildman–Crippen MR) is 66.5 cm³/mol. The van der Waals surface area contributed by atoms with Crippen LogP contribution in [0.5, 0.6) is 0 Å². The Balaban J connectivity index is 1.95. The Labute approximate surface area is 99.7 Å². The van der Waals surface area contributed by atoms with Crippen molar-refractivity contribution in [2.75, 3.05) is 5.43 Å². The highest BCUT2D eigenvalue weighted by Gasteiger charge is 2.04. The standard InChI is InChI=1S/C13H13N3O/c1-10-5-7-11(8-6-10)15-16-13(17)12-4-2-3-9-14-12/h2-9,15H,1H3,(H,16,17). The van der Waals surface area contributed by atoms with Gasteiger partial charge >= 0.3 is 0 Å². The molecule has 4 nitrogen and oxygen atoms in total. The Kier molecular flexibility index (Phi) is 3.35. The largest absolute Gasteiger partial charge is 0.298 e. The molecule has 4 heteroatoms. The van der Waals surface area contributed by atoms with E-state index in [-0.39, 0.29) is 5.91 Å². The average Bonchev–Trinajstić information content (AvgIpc) is 2.39. The SMILES string of the molecule is Cc1ccc(NNC(=O)c2ccccn2)cc1. The van der Waals surface area contributed by atoms with Crippen molar-refractivity contribution in [1.29, 1.82) is 0 Å². The maximum Gasteiger partial charge on any atom is 0.288 e. The van der Waals surface area contributed by atoms with Crippen molar-refractivity contribution in [1.82, 2.24) is 10.4 Å². The minimum absolute atomic E-state index is 0.258. The lowest BCUT2D eigenvalue weighted by Crippen LogP contribution is -2.29. The van der Waals surface area contributed by atoms with Gasteiger partial charge in [-0.3, -0.25) is 20.6 Å². The summed E-state index contributed by atoms with van der Waals surface area (Å²) in [5.74, 6) is -0.258. The minimum Gasteiger partial charge on any atom is -0.298 e. The van der Waals surface area contributed by atoms with Gasteiger partial charge in [0.05, 0.1) is 5.69 Å². The van der Waals surface area contributed by atoms with Gasteiger partial charge in [0.2, 0.25) is 0 Å². The molecule has 0 aliphatic heterocycles. The van der Waals surface area contributed by atoms with Gasteiger partial charge in [-0.15, -0.1) is 0 Å². The van der Waals surface area contributed by atoms with Crippen LogP contribution in [-0.4, -0.2) is 10.9 Å². The molecule has 0 aliphatic carbocycles. The summed E-state index contributed by atoms with van der Waals surface area (Å²) in [6.45, 7) is 2.01. The third-order valence-electron chi connectivity index (χ3n) is 2.27. The van der Waals surface area contributed by atoms with Gasteiger partial charge < -0.3 is 0 Å². The van der Waals surface area contributed by atoms with Crippen molar-refractivity contribution in [3.8, 4) is 0 Å². The van der Waals surface area contributed by atoms with E-state index in [9.17, 15) is 4.79 Å². The number of nitrogens with one attached hydrogen (secondary N) is 2. The number of carbonyl (C=O) groups is 1. The summed E-state index contributed by atoms with van der Waals surface area (Å²) in [6.07, 6.45) is 1.58. The maximum atomic E-state index is 11.6. The Hall–Kier alpha value is -2.36. The van der Waals surface area contributed by atoms with Crippen molar-refractivity contribution < 1.29 is 4.79 Å². The lowest BCUT2D eigenvalue weighted by Gasteiger charge is -2.07. The molecule has 0 saturated carbocycles. The van der Waals surface area contributed by atoms with Crippen LogP contribution in [0.3, 0.4) is 0 Å². The van der Waals surface area contributed by atoms with E-state index in [1.54, 1.807) is 24.4 Å². The molecule has 0 spiro atoms. The predicted octanol–water partition coefficient (Wildman–Crippen LogP) is 2.15. The Morgan fingerprint density at radius 1 is 1.12 bits per heavy atom. The number of rotatable bonds is 3. The topological polar surface area (TPSA) is 54.0 Å². The van der Waals surface area contributed by atoms with E-state index in [4.69, 9.17) is 0 Å². The van der Waals surface area contributed by atoms with Crippen LogP contribution in [0, 0.1) is 6.92 Å². The van der Waals surface area contributed by atoms with Crippen molar-refractivity contribution in [3.05, 3.63) is 59.9 Å². The van der Waals surface area contributed by atoms with E-state index in [1.165, 1.54) is 5.56 Å². The molecular weight excluding hydrogens is 214 g/mol. The number of hydrogen-bond acceptors (Lipinski definition) is 3. The summed E-state index contributed by atoms with van der Waals surface area (Å²) in [4.78, 5) is 15.6. The van der Waals surface area contributed by atoms with E-state index >= 15 is 0 Å². The summed E-state index contributed by atoms with van der Waals surface area (Å²) in [7, 11) is 0. The molecule has 17 heavy (non-hydrogen) atoms. The summed E-state index contributed by atoms with van der Waals surface area (Å²) in [5.41, 5.74) is 7.80. The van der Waals surface area contributed by atoms with E-state index in [2.05, 4.69) is 15.8 Å². The van der Waals surface area contributed by atoms with Gasteiger partial charge in [-0.05, 0) is 31.2 Å². The second-order valence-electron chi connectivity index (χ2n) is 3.66. The molecule has 1 aromatic carbocycles. The minimum atomic E-state index is -0.258. The van der Waals surface area contributed by atoms with E-state index in [1.807, 2.05) is 31.2 Å². The molecule has 2 N–H and O–H groups in total. The second kappa shape index (κ2) is 5.12. The Morgan fingerprint density at radius 2 is 1.88 bits per heavy atom. The molecule has 0 saturated heterocycles. The van der Waals surface area contributed by atoms with Crippen LogP contribution in [-0.2, 0) is 0 Å². The first-order valence-corrected chi connectivity index (χ1v) is 5.30. The highest BCUT2D eigenvalue weighted by molar-refractivity contribution is 5.92. The Bertz CT molecular complexity index is 494. The third kappa shape index (κ3) is 3.04. The first-order chi connectivity index (χ1) is 8.25. The zero-order chi connectivity index (χ0) is 12.1. The average molecular weight is 227 g/mol. The van der Waals surface area contributed by atoms with Crippen molar-refractivity contribution in [2.45, 2.75) is 6.92 Å². The summed E-state index contributed by atoms with van der Waals surface area (Å²) in [5, 5.41) is 0. The molecule has 86 valence electrons. The van der Waals surface area contributed by atoms with Gasteiger partial charge in [0, 0.05) is 6.20 Å². The molecule has 0 aliphatic rings. The number of amides is 1. The zero-order valence-electron chi connectivity index (χ0n) is 9.47. The molecule has 0 fully saturated rings. The van der Waals surface area contributed by atoms with Gasteiger partial charge in [0.15, 0.2) is 0 Å². The fourth-order valence-electron chi connectivity index (χ4n) is 1.33. The van der Waals surface area contributed by atoms with Crippen LogP contribution in [0.4, 0.5) is 5.69 Å². The normalized spacial score (nSPS) is 9.71. The van der Waals surface area contributed by atoms with Crippen molar-refractivity contribution in [2.24, 2.45) is 0 Å². The van der Waals surface area contributed by atoms with Crippen LogP contribution < -0.4 is 10.9 Å².